The molecule has 4 nitrogen and oxygen atoms in total. The molecule has 0 aliphatic carbocycles. The van der Waals surface area contributed by atoms with Crippen molar-refractivity contribution in [3.63, 3.8) is 0 Å². The van der Waals surface area contributed by atoms with Crippen molar-refractivity contribution in [2.75, 3.05) is 26.2 Å². The van der Waals surface area contributed by atoms with Gasteiger partial charge in [-0.05, 0) is 55.4 Å². The highest BCUT2D eigenvalue weighted by Crippen LogP contribution is 2.37. The molecule has 1 aromatic carbocycles. The summed E-state index contributed by atoms with van der Waals surface area (Å²) in [5, 5.41) is 0.654. The predicted molar refractivity (Wildman–Crippen MR) is 93.2 cm³/mol. The van der Waals surface area contributed by atoms with Crippen LogP contribution in [0.3, 0.4) is 0 Å². The number of ketones is 1. The fourth-order valence-corrected chi connectivity index (χ4v) is 4.90. The Hall–Kier alpha value is -1.39. The molecular formula is C19H23ClN2O2. The number of carbonyl (C=O) groups is 2. The first-order valence-electron chi connectivity index (χ1n) is 8.91. The number of carbonyl (C=O) groups excluding carboxylic acids is 2. The largest absolute Gasteiger partial charge is 0.339 e. The number of fused-ring (bicyclic) bond motifs is 4. The molecule has 3 saturated heterocycles. The number of likely N-dealkylation sites (tertiary alicyclic amines) is 1. The lowest BCUT2D eigenvalue weighted by Gasteiger charge is -2.52. The first kappa shape index (κ1) is 16.1. The second-order valence-corrected chi connectivity index (χ2v) is 7.93. The van der Waals surface area contributed by atoms with E-state index in [1.807, 2.05) is 0 Å². The van der Waals surface area contributed by atoms with Gasteiger partial charge < -0.3 is 4.90 Å². The Morgan fingerprint density at radius 3 is 2.75 bits per heavy atom. The summed E-state index contributed by atoms with van der Waals surface area (Å²) in [4.78, 5) is 29.1. The molecule has 1 aromatic rings. The summed E-state index contributed by atoms with van der Waals surface area (Å²) in [6.07, 6.45) is 4.07. The van der Waals surface area contributed by atoms with Crippen LogP contribution in [-0.4, -0.2) is 53.7 Å². The van der Waals surface area contributed by atoms with Crippen LogP contribution in [0.5, 0.6) is 0 Å². The van der Waals surface area contributed by atoms with E-state index in [0.29, 0.717) is 41.8 Å². The third kappa shape index (κ3) is 3.09. The second kappa shape index (κ2) is 6.49. The van der Waals surface area contributed by atoms with Gasteiger partial charge in [0.2, 0.25) is 5.91 Å². The minimum Gasteiger partial charge on any atom is -0.339 e. The molecule has 0 saturated carbocycles. The molecule has 3 heterocycles. The van der Waals surface area contributed by atoms with Crippen LogP contribution < -0.4 is 0 Å². The zero-order valence-electron chi connectivity index (χ0n) is 13.8. The Morgan fingerprint density at radius 1 is 1.17 bits per heavy atom. The molecular weight excluding hydrogens is 324 g/mol. The summed E-state index contributed by atoms with van der Waals surface area (Å²) in [7, 11) is 0. The number of rotatable bonds is 3. The van der Waals surface area contributed by atoms with Crippen LogP contribution in [0.15, 0.2) is 24.3 Å². The lowest BCUT2D eigenvalue weighted by atomic mass is 9.76. The van der Waals surface area contributed by atoms with E-state index in [4.69, 9.17) is 11.6 Å². The molecule has 24 heavy (non-hydrogen) atoms. The minimum absolute atomic E-state index is 0.156. The van der Waals surface area contributed by atoms with E-state index in [0.717, 1.165) is 38.0 Å². The summed E-state index contributed by atoms with van der Waals surface area (Å²) >= 11 is 5.90. The summed E-state index contributed by atoms with van der Waals surface area (Å²) in [5.74, 6) is 1.54. The number of Topliss-reactive ketones (excluding diaryl/α,β-unsaturated/α-hetero) is 1. The molecule has 0 aromatic heterocycles. The maximum absolute atomic E-state index is 12.5. The first-order chi connectivity index (χ1) is 11.6. The van der Waals surface area contributed by atoms with Gasteiger partial charge in [-0.1, -0.05) is 11.6 Å². The van der Waals surface area contributed by atoms with Crippen molar-refractivity contribution < 1.29 is 9.59 Å². The molecule has 0 N–H and O–H groups in total. The molecule has 2 bridgehead atoms. The van der Waals surface area contributed by atoms with E-state index in [-0.39, 0.29) is 5.78 Å². The van der Waals surface area contributed by atoms with Crippen molar-refractivity contribution in [1.82, 2.24) is 9.80 Å². The highest BCUT2D eigenvalue weighted by atomic mass is 35.5. The Kier molecular flexibility index (Phi) is 4.35. The molecule has 0 unspecified atom stereocenters. The SMILES string of the molecule is O=C(CN1C[C@@H]2C[C@@H](C1)[C@@H]1CCCC(=O)N1C2)c1ccc(Cl)cc1. The highest BCUT2D eigenvalue weighted by molar-refractivity contribution is 6.30. The van der Waals surface area contributed by atoms with E-state index in [1.54, 1.807) is 24.3 Å². The fourth-order valence-electron chi connectivity index (χ4n) is 4.77. The topological polar surface area (TPSA) is 40.6 Å². The van der Waals surface area contributed by atoms with Crippen molar-refractivity contribution >= 4 is 23.3 Å². The Bertz CT molecular complexity index is 645. The highest BCUT2D eigenvalue weighted by Gasteiger charge is 2.43. The van der Waals surface area contributed by atoms with Gasteiger partial charge in [0.05, 0.1) is 6.54 Å². The monoisotopic (exact) mass is 346 g/mol. The second-order valence-electron chi connectivity index (χ2n) is 7.49. The van der Waals surface area contributed by atoms with Crippen LogP contribution in [0.25, 0.3) is 0 Å². The molecule has 3 atom stereocenters. The van der Waals surface area contributed by atoms with Crippen LogP contribution in [0.4, 0.5) is 0 Å². The number of nitrogens with zero attached hydrogens (tertiary/aromatic N) is 2. The van der Waals surface area contributed by atoms with Gasteiger partial charge in [0.25, 0.3) is 0 Å². The number of benzene rings is 1. The maximum Gasteiger partial charge on any atom is 0.222 e. The zero-order chi connectivity index (χ0) is 16.7. The normalized spacial score (nSPS) is 30.1. The molecule has 128 valence electrons. The van der Waals surface area contributed by atoms with Gasteiger partial charge in [0, 0.05) is 42.7 Å². The smallest absolute Gasteiger partial charge is 0.222 e. The van der Waals surface area contributed by atoms with E-state index in [2.05, 4.69) is 9.80 Å². The van der Waals surface area contributed by atoms with E-state index in [9.17, 15) is 9.59 Å². The molecule has 3 aliphatic heterocycles. The van der Waals surface area contributed by atoms with Gasteiger partial charge in [0.1, 0.15) is 0 Å². The van der Waals surface area contributed by atoms with Gasteiger partial charge in [0.15, 0.2) is 5.78 Å². The fraction of sp³-hybridized carbons (Fsp3) is 0.579. The number of hydrogen-bond acceptors (Lipinski definition) is 3. The van der Waals surface area contributed by atoms with Gasteiger partial charge in [-0.25, -0.2) is 0 Å². The van der Waals surface area contributed by atoms with E-state index < -0.39 is 0 Å². The van der Waals surface area contributed by atoms with Gasteiger partial charge >= 0.3 is 0 Å². The van der Waals surface area contributed by atoms with Gasteiger partial charge in [-0.3, -0.25) is 14.5 Å². The predicted octanol–water partition coefficient (Wildman–Crippen LogP) is 2.86. The average Bonchev–Trinajstić information content (AvgIpc) is 2.56. The van der Waals surface area contributed by atoms with Crippen LogP contribution in [-0.2, 0) is 4.79 Å². The summed E-state index contributed by atoms with van der Waals surface area (Å²) in [6, 6.07) is 7.54. The van der Waals surface area contributed by atoms with Crippen LogP contribution in [0.2, 0.25) is 5.02 Å². The molecule has 1 amide bonds. The van der Waals surface area contributed by atoms with Gasteiger partial charge in [-0.15, -0.1) is 0 Å². The van der Waals surface area contributed by atoms with Crippen LogP contribution >= 0.6 is 11.6 Å². The average molecular weight is 347 g/mol. The Labute approximate surface area is 147 Å². The lowest BCUT2D eigenvalue weighted by molar-refractivity contribution is -0.144. The van der Waals surface area contributed by atoms with Crippen molar-refractivity contribution in [3.8, 4) is 0 Å². The Balaban J connectivity index is 1.43. The number of halogens is 1. The molecule has 5 heteroatoms. The third-order valence-electron chi connectivity index (χ3n) is 5.79. The number of hydrogen-bond donors (Lipinski definition) is 0. The summed E-state index contributed by atoms with van der Waals surface area (Å²) in [5.41, 5.74) is 0.726. The van der Waals surface area contributed by atoms with Crippen LogP contribution in [0.1, 0.15) is 36.0 Å². The van der Waals surface area contributed by atoms with Gasteiger partial charge in [-0.2, -0.15) is 0 Å². The van der Waals surface area contributed by atoms with Crippen molar-refractivity contribution in [2.24, 2.45) is 11.8 Å². The van der Waals surface area contributed by atoms with Crippen LogP contribution in [0, 0.1) is 11.8 Å². The van der Waals surface area contributed by atoms with Crippen molar-refractivity contribution in [1.29, 1.82) is 0 Å². The van der Waals surface area contributed by atoms with Crippen molar-refractivity contribution in [3.05, 3.63) is 34.9 Å². The molecule has 0 radical (unpaired) electrons. The Morgan fingerprint density at radius 2 is 1.96 bits per heavy atom. The summed E-state index contributed by atoms with van der Waals surface area (Å²) in [6.45, 7) is 3.21. The quantitative estimate of drug-likeness (QED) is 0.790. The lowest BCUT2D eigenvalue weighted by Crippen LogP contribution is -2.60. The first-order valence-corrected chi connectivity index (χ1v) is 9.28. The molecule has 3 fully saturated rings. The standard InChI is InChI=1S/C19H23ClN2O2/c20-16-6-4-14(5-7-16)18(23)12-21-9-13-8-15(11-21)17-2-1-3-19(24)22(17)10-13/h4-7,13,15,17H,1-3,8-12H2/t13-,15-,17-/m0/s1. The maximum atomic E-state index is 12.5. The van der Waals surface area contributed by atoms with E-state index >= 15 is 0 Å². The molecule has 3 aliphatic rings. The molecule has 0 spiro atoms. The summed E-state index contributed by atoms with van der Waals surface area (Å²) < 4.78 is 0. The van der Waals surface area contributed by atoms with Crippen molar-refractivity contribution in [2.45, 2.75) is 31.7 Å². The number of amides is 1. The van der Waals surface area contributed by atoms with E-state index in [1.165, 1.54) is 6.42 Å². The third-order valence-corrected chi connectivity index (χ3v) is 6.04. The number of piperidine rings is 3. The molecule has 4 rings (SSSR count). The minimum atomic E-state index is 0.156. The zero-order valence-corrected chi connectivity index (χ0v) is 14.5.